The Balaban J connectivity index is 3.79. The second-order valence-corrected chi connectivity index (χ2v) is 2.86. The number of aliphatic carboxylic acids is 1. The number of allylic oxidation sites excluding steroid dienone is 2. The van der Waals surface area contributed by atoms with Gasteiger partial charge < -0.3 is 5.11 Å². The van der Waals surface area contributed by atoms with Gasteiger partial charge in [-0.3, -0.25) is 9.59 Å². The lowest BCUT2D eigenvalue weighted by atomic mass is 10.4. The summed E-state index contributed by atoms with van der Waals surface area (Å²) >= 11 is 1.05. The van der Waals surface area contributed by atoms with Gasteiger partial charge in [-0.05, 0) is 6.42 Å². The first-order valence-electron chi connectivity index (χ1n) is 3.20. The number of carboxylic acids is 1. The molecule has 0 bridgehead atoms. The maximum absolute atomic E-state index is 10.2. The summed E-state index contributed by atoms with van der Waals surface area (Å²) in [5, 5.41) is 8.26. The number of thioether (sulfide) groups is 1. The predicted octanol–water partition coefficient (Wildman–Crippen LogP) is 1.30. The molecule has 0 fully saturated rings. The molecule has 11 heavy (non-hydrogen) atoms. The average molecular weight is 174 g/mol. The summed E-state index contributed by atoms with van der Waals surface area (Å²) in [6.45, 7) is 1.89. The van der Waals surface area contributed by atoms with Crippen LogP contribution >= 0.6 is 11.8 Å². The van der Waals surface area contributed by atoms with E-state index in [1.807, 2.05) is 6.92 Å². The van der Waals surface area contributed by atoms with Gasteiger partial charge in [0.25, 0.3) is 0 Å². The number of carbonyl (C=O) groups excluding carboxylic acids is 1. The maximum Gasteiger partial charge on any atom is 0.313 e. The van der Waals surface area contributed by atoms with Crippen molar-refractivity contribution in [3.8, 4) is 0 Å². The Bertz CT molecular complexity index is 175. The molecule has 0 aliphatic carbocycles. The van der Waals surface area contributed by atoms with Crippen LogP contribution in [-0.4, -0.2) is 23.1 Å². The highest BCUT2D eigenvalue weighted by Crippen LogP contribution is 2.12. The van der Waals surface area contributed by atoms with E-state index in [4.69, 9.17) is 5.11 Å². The molecule has 0 rings (SSSR count). The van der Waals surface area contributed by atoms with Gasteiger partial charge in [-0.15, -0.1) is 11.8 Å². The highest BCUT2D eigenvalue weighted by molar-refractivity contribution is 8.04. The van der Waals surface area contributed by atoms with E-state index >= 15 is 0 Å². The van der Waals surface area contributed by atoms with Crippen molar-refractivity contribution < 1.29 is 14.7 Å². The smallest absolute Gasteiger partial charge is 0.313 e. The lowest BCUT2D eigenvalue weighted by molar-refractivity contribution is -0.133. The minimum atomic E-state index is -0.904. The standard InChI is InChI=1S/C7H10O3S/c1-2-3-6(4-8)11-5-7(9)10/h3-4H,2,5H2,1H3,(H,9,10)/b6-3-. The number of carbonyl (C=O) groups is 2. The number of aldehydes is 1. The van der Waals surface area contributed by atoms with Gasteiger partial charge in [0.2, 0.25) is 0 Å². The van der Waals surface area contributed by atoms with Gasteiger partial charge in [-0.25, -0.2) is 0 Å². The van der Waals surface area contributed by atoms with E-state index in [-0.39, 0.29) is 5.75 Å². The minimum absolute atomic E-state index is 0.0510. The molecule has 0 aromatic carbocycles. The van der Waals surface area contributed by atoms with Gasteiger partial charge in [0.15, 0.2) is 6.29 Å². The van der Waals surface area contributed by atoms with E-state index in [0.29, 0.717) is 11.2 Å². The van der Waals surface area contributed by atoms with Crippen molar-refractivity contribution >= 4 is 24.0 Å². The Morgan fingerprint density at radius 2 is 2.27 bits per heavy atom. The molecular formula is C7H10O3S. The van der Waals surface area contributed by atoms with E-state index in [2.05, 4.69) is 0 Å². The molecular weight excluding hydrogens is 164 g/mol. The molecule has 0 heterocycles. The first kappa shape index (κ1) is 10.2. The van der Waals surface area contributed by atoms with Crippen LogP contribution in [0.1, 0.15) is 13.3 Å². The highest BCUT2D eigenvalue weighted by Gasteiger charge is 1.99. The summed E-state index contributed by atoms with van der Waals surface area (Å²) in [7, 11) is 0. The molecule has 0 unspecified atom stereocenters. The number of rotatable bonds is 5. The van der Waals surface area contributed by atoms with E-state index in [0.717, 1.165) is 18.2 Å². The zero-order chi connectivity index (χ0) is 8.69. The second kappa shape index (κ2) is 5.97. The van der Waals surface area contributed by atoms with Crippen molar-refractivity contribution in [1.82, 2.24) is 0 Å². The van der Waals surface area contributed by atoms with Crippen molar-refractivity contribution in [3.63, 3.8) is 0 Å². The summed E-state index contributed by atoms with van der Waals surface area (Å²) in [6.07, 6.45) is 3.14. The van der Waals surface area contributed by atoms with Crippen molar-refractivity contribution in [2.45, 2.75) is 13.3 Å². The Morgan fingerprint density at radius 1 is 1.64 bits per heavy atom. The molecule has 0 aliphatic rings. The van der Waals surface area contributed by atoms with Crippen molar-refractivity contribution in [2.75, 3.05) is 5.75 Å². The van der Waals surface area contributed by atoms with Gasteiger partial charge in [-0.2, -0.15) is 0 Å². The van der Waals surface area contributed by atoms with Gasteiger partial charge >= 0.3 is 5.97 Å². The molecule has 0 saturated heterocycles. The van der Waals surface area contributed by atoms with E-state index in [1.165, 1.54) is 0 Å². The highest BCUT2D eigenvalue weighted by atomic mass is 32.2. The van der Waals surface area contributed by atoms with Crippen LogP contribution in [0.4, 0.5) is 0 Å². The quantitative estimate of drug-likeness (QED) is 0.504. The molecule has 0 atom stereocenters. The van der Waals surface area contributed by atoms with Crippen LogP contribution in [0.25, 0.3) is 0 Å². The van der Waals surface area contributed by atoms with E-state index in [9.17, 15) is 9.59 Å². The van der Waals surface area contributed by atoms with E-state index in [1.54, 1.807) is 6.08 Å². The first-order chi connectivity index (χ1) is 5.20. The fourth-order valence-electron chi connectivity index (χ4n) is 0.487. The molecule has 4 heteroatoms. The topological polar surface area (TPSA) is 54.4 Å². The third-order valence-electron chi connectivity index (χ3n) is 0.884. The third-order valence-corrected chi connectivity index (χ3v) is 1.87. The maximum atomic E-state index is 10.2. The molecule has 0 aliphatic heterocycles. The molecule has 0 saturated carbocycles. The molecule has 0 amide bonds. The molecule has 0 spiro atoms. The zero-order valence-electron chi connectivity index (χ0n) is 6.24. The normalized spacial score (nSPS) is 11.2. The first-order valence-corrected chi connectivity index (χ1v) is 4.19. The molecule has 0 aromatic heterocycles. The third kappa shape index (κ3) is 5.66. The molecule has 3 nitrogen and oxygen atoms in total. The number of carboxylic acid groups (broad SMARTS) is 1. The Labute approximate surface area is 69.5 Å². The van der Waals surface area contributed by atoms with Crippen LogP contribution in [0.15, 0.2) is 11.0 Å². The Hall–Kier alpha value is -0.770. The Morgan fingerprint density at radius 3 is 2.64 bits per heavy atom. The summed E-state index contributed by atoms with van der Waals surface area (Å²) in [5.41, 5.74) is 0. The molecule has 1 N–H and O–H groups in total. The molecule has 62 valence electrons. The molecule has 0 aromatic rings. The fourth-order valence-corrected chi connectivity index (χ4v) is 1.13. The minimum Gasteiger partial charge on any atom is -0.481 e. The monoisotopic (exact) mass is 174 g/mol. The predicted molar refractivity (Wildman–Crippen MR) is 44.5 cm³/mol. The van der Waals surface area contributed by atoms with Gasteiger partial charge in [0.1, 0.15) is 0 Å². The zero-order valence-corrected chi connectivity index (χ0v) is 7.06. The number of hydrogen-bond donors (Lipinski definition) is 1. The molecule has 0 radical (unpaired) electrons. The van der Waals surface area contributed by atoms with Crippen molar-refractivity contribution in [1.29, 1.82) is 0 Å². The van der Waals surface area contributed by atoms with Crippen LogP contribution in [0.2, 0.25) is 0 Å². The Kier molecular flexibility index (Phi) is 5.56. The van der Waals surface area contributed by atoms with Crippen LogP contribution in [-0.2, 0) is 9.59 Å². The SMILES string of the molecule is CC/C=C(/C=O)SCC(=O)O. The number of hydrogen-bond acceptors (Lipinski definition) is 3. The van der Waals surface area contributed by atoms with Crippen LogP contribution < -0.4 is 0 Å². The van der Waals surface area contributed by atoms with Gasteiger partial charge in [-0.1, -0.05) is 13.0 Å². The average Bonchev–Trinajstić information content (AvgIpc) is 1.97. The largest absolute Gasteiger partial charge is 0.481 e. The van der Waals surface area contributed by atoms with Gasteiger partial charge in [0.05, 0.1) is 5.75 Å². The van der Waals surface area contributed by atoms with Crippen LogP contribution in [0.5, 0.6) is 0 Å². The van der Waals surface area contributed by atoms with E-state index < -0.39 is 5.97 Å². The summed E-state index contributed by atoms with van der Waals surface area (Å²) in [5.74, 6) is -0.955. The fraction of sp³-hybridized carbons (Fsp3) is 0.429. The summed E-state index contributed by atoms with van der Waals surface area (Å²) in [4.78, 5) is 20.8. The lowest BCUT2D eigenvalue weighted by Gasteiger charge is -1.94. The van der Waals surface area contributed by atoms with Gasteiger partial charge in [0, 0.05) is 4.91 Å². The second-order valence-electron chi connectivity index (χ2n) is 1.82. The van der Waals surface area contributed by atoms with Crippen LogP contribution in [0, 0.1) is 0 Å². The van der Waals surface area contributed by atoms with Crippen LogP contribution in [0.3, 0.4) is 0 Å². The summed E-state index contributed by atoms with van der Waals surface area (Å²) < 4.78 is 0. The van der Waals surface area contributed by atoms with Crippen molar-refractivity contribution in [2.24, 2.45) is 0 Å². The lowest BCUT2D eigenvalue weighted by Crippen LogP contribution is -1.98. The van der Waals surface area contributed by atoms with Crippen molar-refractivity contribution in [3.05, 3.63) is 11.0 Å². The summed E-state index contributed by atoms with van der Waals surface area (Å²) in [6, 6.07) is 0.